The number of anilines is 2. The van der Waals surface area contributed by atoms with Gasteiger partial charge in [0, 0.05) is 0 Å². The zero-order valence-electron chi connectivity index (χ0n) is 8.89. The molecule has 1 aromatic heterocycles. The molecule has 1 aromatic carbocycles. The molecule has 2 rings (SSSR count). The molecular formula is C11H7ClFN3O2. The maximum Gasteiger partial charge on any atom is 0.335 e. The molecular weight excluding hydrogens is 261 g/mol. The maximum absolute atomic E-state index is 13.6. The Balaban J connectivity index is 2.27. The van der Waals surface area contributed by atoms with Crippen molar-refractivity contribution in [1.82, 2.24) is 9.97 Å². The van der Waals surface area contributed by atoms with Gasteiger partial charge < -0.3 is 10.4 Å². The highest BCUT2D eigenvalue weighted by atomic mass is 35.5. The molecule has 0 saturated heterocycles. The third-order valence-electron chi connectivity index (χ3n) is 2.08. The molecule has 2 N–H and O–H groups in total. The van der Waals surface area contributed by atoms with Crippen molar-refractivity contribution in [2.75, 3.05) is 5.32 Å². The summed E-state index contributed by atoms with van der Waals surface area (Å²) in [6.45, 7) is 0. The smallest absolute Gasteiger partial charge is 0.335 e. The molecule has 92 valence electrons. The predicted molar refractivity (Wildman–Crippen MR) is 63.7 cm³/mol. The van der Waals surface area contributed by atoms with Crippen molar-refractivity contribution in [3.05, 3.63) is 47.1 Å². The fraction of sp³-hybridized carbons (Fsp3) is 0. The second-order valence-corrected chi connectivity index (χ2v) is 3.74. The summed E-state index contributed by atoms with van der Waals surface area (Å²) >= 11 is 5.63. The Morgan fingerprint density at radius 1 is 1.39 bits per heavy atom. The molecule has 2 aromatic rings. The van der Waals surface area contributed by atoms with Crippen molar-refractivity contribution in [2.45, 2.75) is 0 Å². The number of aromatic nitrogens is 2. The number of hydrogen-bond donors (Lipinski definition) is 2. The fourth-order valence-electron chi connectivity index (χ4n) is 1.29. The Labute approximate surface area is 106 Å². The molecule has 18 heavy (non-hydrogen) atoms. The van der Waals surface area contributed by atoms with E-state index in [1.165, 1.54) is 24.5 Å². The van der Waals surface area contributed by atoms with E-state index in [1.807, 2.05) is 0 Å². The molecule has 1 heterocycles. The van der Waals surface area contributed by atoms with E-state index in [2.05, 4.69) is 15.3 Å². The van der Waals surface area contributed by atoms with E-state index in [9.17, 15) is 9.18 Å². The maximum atomic E-state index is 13.6. The Morgan fingerprint density at radius 2 is 2.17 bits per heavy atom. The zero-order chi connectivity index (χ0) is 13.1. The van der Waals surface area contributed by atoms with Gasteiger partial charge in [-0.15, -0.1) is 0 Å². The van der Waals surface area contributed by atoms with Crippen LogP contribution >= 0.6 is 11.6 Å². The summed E-state index contributed by atoms with van der Waals surface area (Å²) in [4.78, 5) is 18.3. The first-order valence-corrected chi connectivity index (χ1v) is 5.21. The van der Waals surface area contributed by atoms with E-state index < -0.39 is 11.8 Å². The van der Waals surface area contributed by atoms with Crippen LogP contribution in [0.3, 0.4) is 0 Å². The average molecular weight is 268 g/mol. The summed E-state index contributed by atoms with van der Waals surface area (Å²) in [7, 11) is 0. The van der Waals surface area contributed by atoms with Crippen LogP contribution in [0.4, 0.5) is 15.9 Å². The van der Waals surface area contributed by atoms with Crippen molar-refractivity contribution < 1.29 is 14.3 Å². The van der Waals surface area contributed by atoms with E-state index in [4.69, 9.17) is 16.7 Å². The van der Waals surface area contributed by atoms with Crippen molar-refractivity contribution >= 4 is 29.1 Å². The van der Waals surface area contributed by atoms with E-state index in [1.54, 1.807) is 0 Å². The number of carboxylic acids is 1. The SMILES string of the molecule is O=C(O)c1ccc(Nc2cncc(Cl)n2)c(F)c1. The Kier molecular flexibility index (Phi) is 3.38. The van der Waals surface area contributed by atoms with Crippen LogP contribution in [-0.4, -0.2) is 21.0 Å². The largest absolute Gasteiger partial charge is 0.478 e. The fourth-order valence-corrected chi connectivity index (χ4v) is 1.44. The van der Waals surface area contributed by atoms with E-state index in [-0.39, 0.29) is 22.2 Å². The standard InChI is InChI=1S/C11H7ClFN3O2/c12-9-4-14-5-10(16-9)15-8-2-1-6(11(17)18)3-7(8)13/h1-5H,(H,15,16)(H,17,18). The third kappa shape index (κ3) is 2.72. The lowest BCUT2D eigenvalue weighted by molar-refractivity contribution is 0.0696. The molecule has 0 atom stereocenters. The Morgan fingerprint density at radius 3 is 2.78 bits per heavy atom. The summed E-state index contributed by atoms with van der Waals surface area (Å²) in [5.74, 6) is -1.62. The highest BCUT2D eigenvalue weighted by Crippen LogP contribution is 2.20. The second-order valence-electron chi connectivity index (χ2n) is 3.35. The van der Waals surface area contributed by atoms with Crippen molar-refractivity contribution in [3.8, 4) is 0 Å². The Hall–Kier alpha value is -2.21. The van der Waals surface area contributed by atoms with Crippen molar-refractivity contribution in [3.63, 3.8) is 0 Å². The number of carboxylic acid groups (broad SMARTS) is 1. The number of halogens is 2. The molecule has 0 unspecified atom stereocenters. The second kappa shape index (κ2) is 4.97. The van der Waals surface area contributed by atoms with Gasteiger partial charge in [0.05, 0.1) is 23.6 Å². The molecule has 0 radical (unpaired) electrons. The average Bonchev–Trinajstić information content (AvgIpc) is 2.31. The van der Waals surface area contributed by atoms with Gasteiger partial charge in [0.15, 0.2) is 5.82 Å². The lowest BCUT2D eigenvalue weighted by atomic mass is 10.2. The van der Waals surface area contributed by atoms with Crippen molar-refractivity contribution in [2.24, 2.45) is 0 Å². The first-order valence-electron chi connectivity index (χ1n) is 4.83. The van der Waals surface area contributed by atoms with Crippen LogP contribution in [0.1, 0.15) is 10.4 Å². The quantitative estimate of drug-likeness (QED) is 0.894. The molecule has 5 nitrogen and oxygen atoms in total. The molecule has 0 aliphatic carbocycles. The number of rotatable bonds is 3. The summed E-state index contributed by atoms with van der Waals surface area (Å²) in [5.41, 5.74) is -0.0354. The lowest BCUT2D eigenvalue weighted by Crippen LogP contribution is -2.01. The molecule has 0 amide bonds. The van der Waals surface area contributed by atoms with Crippen LogP contribution < -0.4 is 5.32 Å². The van der Waals surface area contributed by atoms with Gasteiger partial charge in [-0.1, -0.05) is 11.6 Å². The van der Waals surface area contributed by atoms with Crippen LogP contribution in [0.25, 0.3) is 0 Å². The number of carbonyl (C=O) groups is 1. The Bertz CT molecular complexity index is 607. The summed E-state index contributed by atoms with van der Waals surface area (Å²) in [6.07, 6.45) is 2.72. The molecule has 0 aliphatic heterocycles. The monoisotopic (exact) mass is 267 g/mol. The minimum Gasteiger partial charge on any atom is -0.478 e. The van der Waals surface area contributed by atoms with E-state index >= 15 is 0 Å². The van der Waals surface area contributed by atoms with Gasteiger partial charge in [0.1, 0.15) is 11.0 Å². The van der Waals surface area contributed by atoms with Gasteiger partial charge in [-0.25, -0.2) is 14.2 Å². The molecule has 0 saturated carbocycles. The van der Waals surface area contributed by atoms with Gasteiger partial charge in [0.2, 0.25) is 0 Å². The van der Waals surface area contributed by atoms with Gasteiger partial charge in [-0.3, -0.25) is 4.98 Å². The van der Waals surface area contributed by atoms with E-state index in [0.29, 0.717) is 0 Å². The van der Waals surface area contributed by atoms with Gasteiger partial charge in [-0.05, 0) is 18.2 Å². The van der Waals surface area contributed by atoms with Crippen LogP contribution in [-0.2, 0) is 0 Å². The van der Waals surface area contributed by atoms with Crippen LogP contribution in [0.2, 0.25) is 5.15 Å². The lowest BCUT2D eigenvalue weighted by Gasteiger charge is -2.07. The van der Waals surface area contributed by atoms with E-state index in [0.717, 1.165) is 6.07 Å². The summed E-state index contributed by atoms with van der Waals surface area (Å²) in [5, 5.41) is 11.5. The van der Waals surface area contributed by atoms with Gasteiger partial charge >= 0.3 is 5.97 Å². The normalized spacial score (nSPS) is 10.1. The summed E-state index contributed by atoms with van der Waals surface area (Å²) < 4.78 is 13.6. The third-order valence-corrected chi connectivity index (χ3v) is 2.27. The molecule has 0 aliphatic rings. The molecule has 0 spiro atoms. The minimum atomic E-state index is -1.19. The summed E-state index contributed by atoms with van der Waals surface area (Å²) in [6, 6.07) is 3.51. The van der Waals surface area contributed by atoms with Gasteiger partial charge in [-0.2, -0.15) is 0 Å². The predicted octanol–water partition coefficient (Wildman–Crippen LogP) is 2.71. The van der Waals surface area contributed by atoms with Crippen LogP contribution in [0, 0.1) is 5.82 Å². The minimum absolute atomic E-state index is 0.0940. The number of nitrogens with zero attached hydrogens (tertiary/aromatic N) is 2. The number of nitrogens with one attached hydrogen (secondary N) is 1. The highest BCUT2D eigenvalue weighted by molar-refractivity contribution is 6.29. The molecule has 0 fully saturated rings. The first kappa shape index (κ1) is 12.3. The number of benzene rings is 1. The van der Waals surface area contributed by atoms with Crippen LogP contribution in [0.5, 0.6) is 0 Å². The first-order chi connectivity index (χ1) is 8.56. The molecule has 0 bridgehead atoms. The zero-order valence-corrected chi connectivity index (χ0v) is 9.65. The van der Waals surface area contributed by atoms with Crippen LogP contribution in [0.15, 0.2) is 30.6 Å². The van der Waals surface area contributed by atoms with Crippen molar-refractivity contribution in [1.29, 1.82) is 0 Å². The number of hydrogen-bond acceptors (Lipinski definition) is 4. The van der Waals surface area contributed by atoms with Gasteiger partial charge in [0.25, 0.3) is 0 Å². The topological polar surface area (TPSA) is 75.1 Å². The highest BCUT2D eigenvalue weighted by Gasteiger charge is 2.09. The molecule has 7 heteroatoms. The number of aromatic carboxylic acids is 1.